The fraction of sp³-hybridized carbons (Fsp3) is 0.364. The Bertz CT molecular complexity index is 852. The van der Waals surface area contributed by atoms with Gasteiger partial charge in [0, 0.05) is 26.2 Å². The van der Waals surface area contributed by atoms with Crippen molar-refractivity contribution in [2.24, 2.45) is 4.99 Å². The molecule has 0 heterocycles. The molecule has 1 saturated carbocycles. The molecule has 0 aliphatic heterocycles. The van der Waals surface area contributed by atoms with Crippen LogP contribution in [0.3, 0.4) is 0 Å². The highest BCUT2D eigenvalue weighted by Crippen LogP contribution is 2.18. The molecule has 2 aromatic rings. The molecule has 7 heteroatoms. The number of rotatable bonds is 9. The molecule has 1 amide bonds. The van der Waals surface area contributed by atoms with E-state index in [1.807, 2.05) is 30.3 Å². The van der Waals surface area contributed by atoms with Gasteiger partial charge in [-0.2, -0.15) is 0 Å². The number of halogens is 1. The van der Waals surface area contributed by atoms with Crippen LogP contribution in [0.2, 0.25) is 0 Å². The van der Waals surface area contributed by atoms with Crippen LogP contribution in [0.25, 0.3) is 0 Å². The van der Waals surface area contributed by atoms with Crippen LogP contribution < -0.4 is 20.7 Å². The predicted octanol–water partition coefficient (Wildman–Crippen LogP) is 2.39. The lowest BCUT2D eigenvalue weighted by Crippen LogP contribution is -2.37. The monoisotopic (exact) mass is 398 g/mol. The van der Waals surface area contributed by atoms with Crippen LogP contribution in [-0.4, -0.2) is 38.1 Å². The summed E-state index contributed by atoms with van der Waals surface area (Å²) in [5.74, 6) is 1.01. The molecular formula is C22H27FN4O2. The summed E-state index contributed by atoms with van der Waals surface area (Å²) in [6.45, 7) is 1.23. The molecule has 0 bridgehead atoms. The second-order valence-electron chi connectivity index (χ2n) is 7.01. The number of hydrogen-bond acceptors (Lipinski definition) is 3. The van der Waals surface area contributed by atoms with Gasteiger partial charge in [0.15, 0.2) is 12.6 Å². The number of aliphatic imine (C=N–C) groups is 1. The van der Waals surface area contributed by atoms with E-state index >= 15 is 0 Å². The number of guanidine groups is 1. The van der Waals surface area contributed by atoms with Crippen LogP contribution in [0, 0.1) is 5.82 Å². The Morgan fingerprint density at radius 1 is 1.14 bits per heavy atom. The maximum absolute atomic E-state index is 13.2. The summed E-state index contributed by atoms with van der Waals surface area (Å²) >= 11 is 0. The second-order valence-corrected chi connectivity index (χ2v) is 7.01. The molecule has 0 unspecified atom stereocenters. The van der Waals surface area contributed by atoms with Crippen molar-refractivity contribution in [2.45, 2.75) is 31.8 Å². The first kappa shape index (κ1) is 20.6. The lowest BCUT2D eigenvalue weighted by molar-refractivity contribution is -0.123. The maximum Gasteiger partial charge on any atom is 0.258 e. The zero-order valence-electron chi connectivity index (χ0n) is 16.6. The molecule has 0 spiro atoms. The zero-order chi connectivity index (χ0) is 20.5. The largest absolute Gasteiger partial charge is 0.484 e. The molecule has 2 aromatic carbocycles. The van der Waals surface area contributed by atoms with E-state index in [0.717, 1.165) is 24.0 Å². The number of carbonyl (C=O) groups is 1. The third-order valence-corrected chi connectivity index (χ3v) is 4.49. The van der Waals surface area contributed by atoms with Crippen LogP contribution in [0.5, 0.6) is 5.75 Å². The normalized spacial score (nSPS) is 13.7. The summed E-state index contributed by atoms with van der Waals surface area (Å²) in [5, 5.41) is 9.36. The van der Waals surface area contributed by atoms with Crippen molar-refractivity contribution in [3.63, 3.8) is 0 Å². The van der Waals surface area contributed by atoms with Crippen LogP contribution in [0.15, 0.2) is 53.5 Å². The van der Waals surface area contributed by atoms with Crippen molar-refractivity contribution in [1.82, 2.24) is 16.0 Å². The molecule has 3 N–H and O–H groups in total. The van der Waals surface area contributed by atoms with Crippen molar-refractivity contribution in [2.75, 3.05) is 20.2 Å². The number of nitrogens with zero attached hydrogens (tertiary/aromatic N) is 1. The van der Waals surface area contributed by atoms with Crippen LogP contribution >= 0.6 is 0 Å². The average molecular weight is 398 g/mol. The highest BCUT2D eigenvalue weighted by Gasteiger charge is 2.23. The van der Waals surface area contributed by atoms with Gasteiger partial charge < -0.3 is 20.7 Å². The standard InChI is InChI=1S/C22H27FN4O2/c1-24-22(25-11-10-16-4-2-6-18(23)12-16)26-14-17-5-3-7-20(13-17)29-15-21(28)27-19-8-9-19/h2-7,12-13,19H,8-11,14-15H2,1H3,(H,27,28)(H2,24,25,26). The van der Waals surface area contributed by atoms with Gasteiger partial charge in [0.1, 0.15) is 11.6 Å². The Labute approximate surface area is 170 Å². The molecule has 0 atom stereocenters. The van der Waals surface area contributed by atoms with Crippen LogP contribution in [0.1, 0.15) is 24.0 Å². The fourth-order valence-corrected chi connectivity index (χ4v) is 2.82. The summed E-state index contributed by atoms with van der Waals surface area (Å²) in [7, 11) is 1.70. The minimum atomic E-state index is -0.225. The topological polar surface area (TPSA) is 74.8 Å². The zero-order valence-corrected chi connectivity index (χ0v) is 16.6. The van der Waals surface area contributed by atoms with Gasteiger partial charge >= 0.3 is 0 Å². The summed E-state index contributed by atoms with van der Waals surface area (Å²) in [6.07, 6.45) is 2.82. The number of nitrogens with one attached hydrogen (secondary N) is 3. The molecule has 1 fully saturated rings. The predicted molar refractivity (Wildman–Crippen MR) is 111 cm³/mol. The molecule has 154 valence electrons. The van der Waals surface area contributed by atoms with Gasteiger partial charge in [0.2, 0.25) is 0 Å². The highest BCUT2D eigenvalue weighted by atomic mass is 19.1. The van der Waals surface area contributed by atoms with Crippen molar-refractivity contribution in [3.8, 4) is 5.75 Å². The van der Waals surface area contributed by atoms with Gasteiger partial charge in [-0.3, -0.25) is 9.79 Å². The van der Waals surface area contributed by atoms with Crippen molar-refractivity contribution < 1.29 is 13.9 Å². The van der Waals surface area contributed by atoms with Gasteiger partial charge in [0.25, 0.3) is 5.91 Å². The fourth-order valence-electron chi connectivity index (χ4n) is 2.82. The smallest absolute Gasteiger partial charge is 0.258 e. The van der Waals surface area contributed by atoms with E-state index in [0.29, 0.717) is 37.3 Å². The van der Waals surface area contributed by atoms with Crippen LogP contribution in [0.4, 0.5) is 4.39 Å². The summed E-state index contributed by atoms with van der Waals surface area (Å²) in [6, 6.07) is 14.5. The summed E-state index contributed by atoms with van der Waals surface area (Å²) in [4.78, 5) is 15.9. The van der Waals surface area contributed by atoms with E-state index < -0.39 is 0 Å². The third kappa shape index (κ3) is 7.44. The SMILES string of the molecule is CN=C(NCCc1cccc(F)c1)NCc1cccc(OCC(=O)NC2CC2)c1. The number of carbonyl (C=O) groups excluding carboxylic acids is 1. The lowest BCUT2D eigenvalue weighted by Gasteiger charge is -2.13. The number of amides is 1. The Hall–Kier alpha value is -3.09. The first-order valence-electron chi connectivity index (χ1n) is 9.82. The second kappa shape index (κ2) is 10.5. The minimum absolute atomic E-state index is 0.0245. The van der Waals surface area contributed by atoms with Gasteiger partial charge in [-0.25, -0.2) is 4.39 Å². The molecule has 0 aromatic heterocycles. The van der Waals surface area contributed by atoms with E-state index in [1.165, 1.54) is 12.1 Å². The van der Waals surface area contributed by atoms with Gasteiger partial charge in [0.05, 0.1) is 0 Å². The number of ether oxygens (including phenoxy) is 1. The maximum atomic E-state index is 13.2. The van der Waals surface area contributed by atoms with E-state index in [-0.39, 0.29) is 18.3 Å². The molecule has 0 radical (unpaired) electrons. The van der Waals surface area contributed by atoms with Crippen molar-refractivity contribution in [1.29, 1.82) is 0 Å². The van der Waals surface area contributed by atoms with E-state index in [2.05, 4.69) is 20.9 Å². The Morgan fingerprint density at radius 3 is 2.69 bits per heavy atom. The Balaban J connectivity index is 1.40. The molecule has 1 aliphatic rings. The highest BCUT2D eigenvalue weighted by molar-refractivity contribution is 5.79. The van der Waals surface area contributed by atoms with E-state index in [4.69, 9.17) is 4.74 Å². The molecular weight excluding hydrogens is 371 g/mol. The number of hydrogen-bond donors (Lipinski definition) is 3. The third-order valence-electron chi connectivity index (χ3n) is 4.49. The molecule has 1 aliphatic carbocycles. The molecule has 0 saturated heterocycles. The summed E-state index contributed by atoms with van der Waals surface area (Å²) < 4.78 is 18.8. The molecule has 3 rings (SSSR count). The minimum Gasteiger partial charge on any atom is -0.484 e. The summed E-state index contributed by atoms with van der Waals surface area (Å²) in [5.41, 5.74) is 1.95. The van der Waals surface area contributed by atoms with Crippen molar-refractivity contribution in [3.05, 3.63) is 65.5 Å². The molecule has 6 nitrogen and oxygen atoms in total. The quantitative estimate of drug-likeness (QED) is 0.448. The Morgan fingerprint density at radius 2 is 1.93 bits per heavy atom. The first-order chi connectivity index (χ1) is 14.1. The van der Waals surface area contributed by atoms with Crippen LogP contribution in [-0.2, 0) is 17.8 Å². The van der Waals surface area contributed by atoms with Gasteiger partial charge in [-0.15, -0.1) is 0 Å². The first-order valence-corrected chi connectivity index (χ1v) is 9.82. The number of benzene rings is 2. The average Bonchev–Trinajstić information content (AvgIpc) is 3.53. The Kier molecular flexibility index (Phi) is 7.44. The van der Waals surface area contributed by atoms with E-state index in [9.17, 15) is 9.18 Å². The van der Waals surface area contributed by atoms with Gasteiger partial charge in [-0.1, -0.05) is 24.3 Å². The van der Waals surface area contributed by atoms with Crippen molar-refractivity contribution >= 4 is 11.9 Å². The van der Waals surface area contributed by atoms with Gasteiger partial charge in [-0.05, 0) is 54.7 Å². The lowest BCUT2D eigenvalue weighted by atomic mass is 10.1. The molecule has 29 heavy (non-hydrogen) atoms. The van der Waals surface area contributed by atoms with E-state index in [1.54, 1.807) is 13.1 Å².